The van der Waals surface area contributed by atoms with Gasteiger partial charge in [-0.1, -0.05) is 72.8 Å². The van der Waals surface area contributed by atoms with Crippen molar-refractivity contribution in [3.63, 3.8) is 0 Å². The zero-order valence-corrected chi connectivity index (χ0v) is 17.0. The normalized spacial score (nSPS) is 11.4. The van der Waals surface area contributed by atoms with Crippen molar-refractivity contribution in [1.82, 2.24) is 5.32 Å². The van der Waals surface area contributed by atoms with Crippen molar-refractivity contribution in [2.24, 2.45) is 0 Å². The van der Waals surface area contributed by atoms with E-state index in [0.29, 0.717) is 12.0 Å². The molecule has 0 saturated carbocycles. The average Bonchev–Trinajstić information content (AvgIpc) is 2.78. The molecule has 0 radical (unpaired) electrons. The van der Waals surface area contributed by atoms with Gasteiger partial charge < -0.3 is 10.1 Å². The minimum absolute atomic E-state index is 0.179. The highest BCUT2D eigenvalue weighted by Crippen LogP contribution is 2.24. The number of carbonyl (C=O) groups is 2. The molecule has 0 spiro atoms. The summed E-state index contributed by atoms with van der Waals surface area (Å²) in [5.74, 6) is -1.40. The van der Waals surface area contributed by atoms with E-state index in [4.69, 9.17) is 4.74 Å². The molecule has 0 aliphatic rings. The van der Waals surface area contributed by atoms with E-state index in [0.717, 1.165) is 11.1 Å². The molecule has 0 heterocycles. The molecule has 1 N–H and O–H groups in total. The van der Waals surface area contributed by atoms with Crippen LogP contribution < -0.4 is 5.32 Å². The number of nitrogens with one attached hydrogen (secondary N) is 1. The van der Waals surface area contributed by atoms with Gasteiger partial charge in [0.1, 0.15) is 5.56 Å². The molecular formula is C24H22N2O5. The Balaban J connectivity index is 1.68. The molecule has 0 fully saturated rings. The highest BCUT2D eigenvalue weighted by Gasteiger charge is 2.24. The van der Waals surface area contributed by atoms with Crippen LogP contribution in [0.15, 0.2) is 78.9 Å². The van der Waals surface area contributed by atoms with Gasteiger partial charge >= 0.3 is 5.97 Å². The van der Waals surface area contributed by atoms with Crippen LogP contribution in [0.3, 0.4) is 0 Å². The molecule has 0 bridgehead atoms. The molecular weight excluding hydrogens is 396 g/mol. The standard InChI is InChI=1S/C24H22N2O5/c1-17-9-8-14-20(23(17)26(29)30)24(28)31-16-22(27)25-21(19-12-6-3-7-13-19)15-18-10-4-2-5-11-18/h2-14,21H,15-16H2,1H3,(H,25,27)/t21-/m1/s1. The smallest absolute Gasteiger partial charge is 0.345 e. The third-order valence-corrected chi connectivity index (χ3v) is 4.79. The maximum atomic E-state index is 12.5. The Labute approximate surface area is 179 Å². The number of hydrogen-bond acceptors (Lipinski definition) is 5. The lowest BCUT2D eigenvalue weighted by molar-refractivity contribution is -0.385. The van der Waals surface area contributed by atoms with Gasteiger partial charge in [0, 0.05) is 5.56 Å². The summed E-state index contributed by atoms with van der Waals surface area (Å²) in [7, 11) is 0. The zero-order chi connectivity index (χ0) is 22.2. The molecule has 3 rings (SSSR count). The van der Waals surface area contributed by atoms with Crippen LogP contribution in [0.4, 0.5) is 5.69 Å². The summed E-state index contributed by atoms with van der Waals surface area (Å²) in [6, 6.07) is 23.3. The first kappa shape index (κ1) is 21.7. The van der Waals surface area contributed by atoms with E-state index in [9.17, 15) is 19.7 Å². The van der Waals surface area contributed by atoms with Gasteiger partial charge in [0.25, 0.3) is 11.6 Å². The third kappa shape index (κ3) is 5.76. The summed E-state index contributed by atoms with van der Waals surface area (Å²) in [5, 5.41) is 14.2. The summed E-state index contributed by atoms with van der Waals surface area (Å²) in [6.45, 7) is 0.998. The van der Waals surface area contributed by atoms with Crippen LogP contribution in [0.2, 0.25) is 0 Å². The first-order chi connectivity index (χ1) is 15.0. The number of nitro benzene ring substituents is 1. The van der Waals surface area contributed by atoms with E-state index in [2.05, 4.69) is 5.32 Å². The van der Waals surface area contributed by atoms with E-state index < -0.39 is 23.4 Å². The number of para-hydroxylation sites is 1. The van der Waals surface area contributed by atoms with Crippen LogP contribution in [0.1, 0.15) is 33.1 Å². The zero-order valence-electron chi connectivity index (χ0n) is 17.0. The Morgan fingerprint density at radius 1 is 0.968 bits per heavy atom. The third-order valence-electron chi connectivity index (χ3n) is 4.79. The Bertz CT molecular complexity index is 1070. The number of carbonyl (C=O) groups excluding carboxylic acids is 2. The number of nitro groups is 1. The summed E-state index contributed by atoms with van der Waals surface area (Å²) in [4.78, 5) is 35.5. The molecule has 3 aromatic rings. The van der Waals surface area contributed by atoms with Gasteiger partial charge in [0.05, 0.1) is 11.0 Å². The number of amides is 1. The number of aryl methyl sites for hydroxylation is 1. The largest absolute Gasteiger partial charge is 0.452 e. The SMILES string of the molecule is Cc1cccc(C(=O)OCC(=O)N[C@H](Cc2ccccc2)c2ccccc2)c1[N+](=O)[O-]. The summed E-state index contributed by atoms with van der Waals surface area (Å²) >= 11 is 0. The predicted octanol–water partition coefficient (Wildman–Crippen LogP) is 4.16. The number of nitrogens with zero attached hydrogens (tertiary/aromatic N) is 1. The summed E-state index contributed by atoms with van der Waals surface area (Å²) < 4.78 is 5.07. The summed E-state index contributed by atoms with van der Waals surface area (Å²) in [6.07, 6.45) is 0.563. The van der Waals surface area contributed by atoms with Crippen LogP contribution in [0.5, 0.6) is 0 Å². The highest BCUT2D eigenvalue weighted by atomic mass is 16.6. The van der Waals surface area contributed by atoms with Crippen molar-refractivity contribution in [3.05, 3.63) is 111 Å². The van der Waals surface area contributed by atoms with Crippen LogP contribution in [-0.4, -0.2) is 23.4 Å². The molecule has 1 atom stereocenters. The van der Waals surface area contributed by atoms with Gasteiger partial charge in [-0.25, -0.2) is 4.79 Å². The molecule has 3 aromatic carbocycles. The fourth-order valence-corrected chi connectivity index (χ4v) is 3.30. The molecule has 31 heavy (non-hydrogen) atoms. The van der Waals surface area contributed by atoms with Crippen LogP contribution in [0.25, 0.3) is 0 Å². The minimum atomic E-state index is -0.912. The second-order valence-corrected chi connectivity index (χ2v) is 7.02. The van der Waals surface area contributed by atoms with Gasteiger partial charge in [-0.2, -0.15) is 0 Å². The molecule has 0 aromatic heterocycles. The van der Waals surface area contributed by atoms with Crippen molar-refractivity contribution >= 4 is 17.6 Å². The predicted molar refractivity (Wildman–Crippen MR) is 116 cm³/mol. The monoisotopic (exact) mass is 418 g/mol. The number of hydrogen-bond donors (Lipinski definition) is 1. The molecule has 158 valence electrons. The molecule has 7 heteroatoms. The number of esters is 1. The second-order valence-electron chi connectivity index (χ2n) is 7.02. The maximum absolute atomic E-state index is 12.5. The van der Waals surface area contributed by atoms with E-state index >= 15 is 0 Å². The maximum Gasteiger partial charge on any atom is 0.345 e. The lowest BCUT2D eigenvalue weighted by atomic mass is 9.99. The van der Waals surface area contributed by atoms with Crippen molar-refractivity contribution in [2.45, 2.75) is 19.4 Å². The number of rotatable bonds is 8. The van der Waals surface area contributed by atoms with Crippen LogP contribution >= 0.6 is 0 Å². The van der Waals surface area contributed by atoms with Gasteiger partial charge in [-0.05, 0) is 30.5 Å². The van der Waals surface area contributed by atoms with Crippen LogP contribution in [0, 0.1) is 17.0 Å². The van der Waals surface area contributed by atoms with Crippen molar-refractivity contribution in [1.29, 1.82) is 0 Å². The van der Waals surface area contributed by atoms with Crippen molar-refractivity contribution in [3.8, 4) is 0 Å². The fourth-order valence-electron chi connectivity index (χ4n) is 3.30. The van der Waals surface area contributed by atoms with Crippen molar-refractivity contribution in [2.75, 3.05) is 6.61 Å². The van der Waals surface area contributed by atoms with Crippen LogP contribution in [-0.2, 0) is 16.0 Å². The van der Waals surface area contributed by atoms with Gasteiger partial charge in [0.2, 0.25) is 0 Å². The Hall–Kier alpha value is -4.00. The van der Waals surface area contributed by atoms with E-state index in [1.807, 2.05) is 60.7 Å². The minimum Gasteiger partial charge on any atom is -0.452 e. The van der Waals surface area contributed by atoms with E-state index in [-0.39, 0.29) is 17.3 Å². The highest BCUT2D eigenvalue weighted by molar-refractivity contribution is 5.95. The molecule has 7 nitrogen and oxygen atoms in total. The second kappa shape index (κ2) is 10.2. The molecule has 1 amide bonds. The van der Waals surface area contributed by atoms with E-state index in [1.165, 1.54) is 25.1 Å². The van der Waals surface area contributed by atoms with Crippen molar-refractivity contribution < 1.29 is 19.2 Å². The Kier molecular flexibility index (Phi) is 7.11. The molecule has 0 aliphatic heterocycles. The quantitative estimate of drug-likeness (QED) is 0.336. The first-order valence-corrected chi connectivity index (χ1v) is 9.75. The average molecular weight is 418 g/mol. The summed E-state index contributed by atoms with van der Waals surface area (Å²) in [5.41, 5.74) is 1.81. The van der Waals surface area contributed by atoms with Gasteiger partial charge in [-0.15, -0.1) is 0 Å². The van der Waals surface area contributed by atoms with Gasteiger partial charge in [-0.3, -0.25) is 14.9 Å². The first-order valence-electron chi connectivity index (χ1n) is 9.75. The lowest BCUT2D eigenvalue weighted by Crippen LogP contribution is -2.33. The van der Waals surface area contributed by atoms with E-state index in [1.54, 1.807) is 0 Å². The fraction of sp³-hybridized carbons (Fsp3) is 0.167. The number of benzene rings is 3. The Morgan fingerprint density at radius 3 is 2.26 bits per heavy atom. The number of ether oxygens (including phenoxy) is 1. The molecule has 0 saturated heterocycles. The van der Waals surface area contributed by atoms with Gasteiger partial charge in [0.15, 0.2) is 6.61 Å². The lowest BCUT2D eigenvalue weighted by Gasteiger charge is -2.19. The Morgan fingerprint density at radius 2 is 1.61 bits per heavy atom. The topological polar surface area (TPSA) is 98.5 Å². The molecule has 0 unspecified atom stereocenters. The molecule has 0 aliphatic carbocycles.